The van der Waals surface area contributed by atoms with Gasteiger partial charge in [0.2, 0.25) is 23.0 Å². The highest BCUT2D eigenvalue weighted by Crippen LogP contribution is 2.40. The molecule has 0 saturated carbocycles. The molecule has 0 aliphatic carbocycles. The number of carbonyl (C=O) groups is 2. The van der Waals surface area contributed by atoms with Gasteiger partial charge in [-0.3, -0.25) is 4.79 Å². The number of primary amides is 1. The van der Waals surface area contributed by atoms with Crippen LogP contribution in [0.4, 0.5) is 0 Å². The van der Waals surface area contributed by atoms with Crippen molar-refractivity contribution in [3.8, 4) is 0 Å². The molecule has 1 unspecified atom stereocenters. The molecule has 1 aromatic rings. The second kappa shape index (κ2) is 6.60. The average molecular weight is 347 g/mol. The molecule has 0 spiro atoms. The van der Waals surface area contributed by atoms with Gasteiger partial charge in [0.15, 0.2) is 5.76 Å². The number of carbonyl (C=O) groups excluding carboxylic acids is 2. The second-order valence-electron chi connectivity index (χ2n) is 5.21. The van der Waals surface area contributed by atoms with Crippen molar-refractivity contribution in [3.05, 3.63) is 71.3 Å². The van der Waals surface area contributed by atoms with E-state index in [1.54, 1.807) is 18.2 Å². The maximum absolute atomic E-state index is 12.1. The Balaban J connectivity index is 2.43. The molecule has 0 aromatic heterocycles. The first-order valence-corrected chi connectivity index (χ1v) is 7.26. The van der Waals surface area contributed by atoms with Gasteiger partial charge in [0.05, 0.1) is 11.1 Å². The molecule has 1 aromatic carbocycles. The molecule has 8 nitrogen and oxygen atoms in total. The van der Waals surface area contributed by atoms with Crippen molar-refractivity contribution in [1.82, 2.24) is 0 Å². The first-order valence-electron chi connectivity index (χ1n) is 7.26. The lowest BCUT2D eigenvalue weighted by Crippen LogP contribution is -2.44. The number of hydrogen-bond donors (Lipinski definition) is 4. The van der Waals surface area contributed by atoms with E-state index in [0.29, 0.717) is 0 Å². The van der Waals surface area contributed by atoms with E-state index in [0.717, 1.165) is 0 Å². The molecule has 25 heavy (non-hydrogen) atoms. The van der Waals surface area contributed by atoms with Crippen LogP contribution in [0, 0.1) is 0 Å². The molecule has 1 aliphatic heterocycles. The summed E-state index contributed by atoms with van der Waals surface area (Å²) in [7, 11) is 0. The van der Waals surface area contributed by atoms with Crippen molar-refractivity contribution < 1.29 is 34.4 Å². The highest BCUT2D eigenvalue weighted by atomic mass is 16.7. The van der Waals surface area contributed by atoms with E-state index >= 15 is 0 Å². The van der Waals surface area contributed by atoms with Crippen LogP contribution in [0.15, 0.2) is 65.7 Å². The molecule has 5 N–H and O–H groups in total. The molecule has 0 bridgehead atoms. The highest BCUT2D eigenvalue weighted by Gasteiger charge is 2.49. The van der Waals surface area contributed by atoms with Crippen LogP contribution >= 0.6 is 0 Å². The Labute approximate surface area is 143 Å². The van der Waals surface area contributed by atoms with Gasteiger partial charge in [-0.05, 0) is 18.6 Å². The van der Waals surface area contributed by atoms with Crippen molar-refractivity contribution in [2.24, 2.45) is 5.73 Å². The largest absolute Gasteiger partial charge is 0.505 e. The van der Waals surface area contributed by atoms with Crippen molar-refractivity contribution in [1.29, 1.82) is 0 Å². The fraction of sp³-hybridized carbons (Fsp3) is 0.176. The van der Waals surface area contributed by atoms with Crippen LogP contribution in [0.5, 0.6) is 0 Å². The van der Waals surface area contributed by atoms with E-state index in [-0.39, 0.29) is 17.6 Å². The van der Waals surface area contributed by atoms with E-state index in [1.807, 2.05) is 0 Å². The van der Waals surface area contributed by atoms with Gasteiger partial charge in [0.25, 0.3) is 0 Å². The normalized spacial score (nSPS) is 20.0. The number of aliphatic hydroxyl groups excluding tert-OH is 3. The van der Waals surface area contributed by atoms with Crippen LogP contribution in [0.2, 0.25) is 0 Å². The molecule has 132 valence electrons. The Hall–Kier alpha value is -3.42. The maximum Gasteiger partial charge on any atom is 0.345 e. The zero-order valence-corrected chi connectivity index (χ0v) is 13.4. The van der Waals surface area contributed by atoms with Crippen LogP contribution < -0.4 is 5.73 Å². The van der Waals surface area contributed by atoms with Crippen molar-refractivity contribution in [3.63, 3.8) is 0 Å². The monoisotopic (exact) mass is 347 g/mol. The van der Waals surface area contributed by atoms with E-state index in [4.69, 9.17) is 15.2 Å². The minimum Gasteiger partial charge on any atom is -0.505 e. The van der Waals surface area contributed by atoms with Gasteiger partial charge in [-0.2, -0.15) is 0 Å². The number of aliphatic hydroxyl groups is 3. The smallest absolute Gasteiger partial charge is 0.345 e. The molecule has 2 rings (SSSR count). The molecular weight excluding hydrogens is 330 g/mol. The summed E-state index contributed by atoms with van der Waals surface area (Å²) in [5.41, 5.74) is 2.99. The van der Waals surface area contributed by atoms with Crippen molar-refractivity contribution in [2.45, 2.75) is 18.9 Å². The summed E-state index contributed by atoms with van der Waals surface area (Å²) in [5, 5.41) is 30.0. The fourth-order valence-electron chi connectivity index (χ4n) is 2.30. The molecule has 8 heteroatoms. The van der Waals surface area contributed by atoms with Gasteiger partial charge in [0.1, 0.15) is 0 Å². The Kier molecular flexibility index (Phi) is 4.73. The summed E-state index contributed by atoms with van der Waals surface area (Å²) in [5.74, 6) is -5.54. The van der Waals surface area contributed by atoms with E-state index < -0.39 is 40.7 Å². The molecule has 1 amide bonds. The van der Waals surface area contributed by atoms with Gasteiger partial charge < -0.3 is 30.5 Å². The Morgan fingerprint density at radius 1 is 1.20 bits per heavy atom. The van der Waals surface area contributed by atoms with E-state index in [2.05, 4.69) is 6.58 Å². The molecule has 1 aliphatic rings. The summed E-state index contributed by atoms with van der Waals surface area (Å²) in [6.07, 6.45) is -0.0929. The van der Waals surface area contributed by atoms with Crippen LogP contribution in [-0.2, 0) is 14.3 Å². The minimum atomic E-state index is -1.96. The third-order valence-electron chi connectivity index (χ3n) is 3.77. The third-order valence-corrected chi connectivity index (χ3v) is 3.77. The zero-order chi connectivity index (χ0) is 18.8. The average Bonchev–Trinajstić information content (AvgIpc) is 2.62. The minimum absolute atomic E-state index is 0.0929. The number of benzene rings is 1. The Morgan fingerprint density at radius 3 is 2.32 bits per heavy atom. The standard InChI is InChI=1S/C17H17NO7/c1-3-17(9(2)14(18)22)13(21)11(19)12(20)16(25-17)24-15(23)10-7-5-4-6-8-10/h4-8,19-21H,2-3H2,1H3,(H2,18,22). The summed E-state index contributed by atoms with van der Waals surface area (Å²) in [4.78, 5) is 23.6. The van der Waals surface area contributed by atoms with Crippen molar-refractivity contribution in [2.75, 3.05) is 0 Å². The van der Waals surface area contributed by atoms with Gasteiger partial charge in [-0.1, -0.05) is 31.7 Å². The van der Waals surface area contributed by atoms with Crippen LogP contribution in [-0.4, -0.2) is 32.8 Å². The lowest BCUT2D eigenvalue weighted by molar-refractivity contribution is -0.119. The first-order chi connectivity index (χ1) is 11.7. The summed E-state index contributed by atoms with van der Waals surface area (Å²) >= 11 is 0. The van der Waals surface area contributed by atoms with Gasteiger partial charge in [-0.15, -0.1) is 0 Å². The molecule has 0 radical (unpaired) electrons. The van der Waals surface area contributed by atoms with Gasteiger partial charge in [0, 0.05) is 0 Å². The van der Waals surface area contributed by atoms with E-state index in [9.17, 15) is 24.9 Å². The predicted molar refractivity (Wildman–Crippen MR) is 86.2 cm³/mol. The number of hydrogen-bond acceptors (Lipinski definition) is 7. The third kappa shape index (κ3) is 3.01. The number of rotatable bonds is 5. The lowest BCUT2D eigenvalue weighted by atomic mass is 9.87. The number of ether oxygens (including phenoxy) is 2. The van der Waals surface area contributed by atoms with Gasteiger partial charge >= 0.3 is 11.9 Å². The lowest BCUT2D eigenvalue weighted by Gasteiger charge is -2.36. The van der Waals surface area contributed by atoms with Crippen LogP contribution in [0.3, 0.4) is 0 Å². The SMILES string of the molecule is C=C(C(N)=O)C1(CC)OC(OC(=O)c2ccccc2)=C(O)C(O)=C1O. The summed E-state index contributed by atoms with van der Waals surface area (Å²) in [6.45, 7) is 4.96. The Morgan fingerprint density at radius 2 is 1.80 bits per heavy atom. The molecule has 1 heterocycles. The predicted octanol–water partition coefficient (Wildman–Crippen LogP) is 2.12. The van der Waals surface area contributed by atoms with Crippen LogP contribution in [0.1, 0.15) is 23.7 Å². The number of amides is 1. The Bertz CT molecular complexity index is 794. The summed E-state index contributed by atoms with van der Waals surface area (Å²) < 4.78 is 10.3. The van der Waals surface area contributed by atoms with Crippen LogP contribution in [0.25, 0.3) is 0 Å². The maximum atomic E-state index is 12.1. The topological polar surface area (TPSA) is 139 Å². The molecular formula is C17H17NO7. The number of nitrogens with two attached hydrogens (primary N) is 1. The summed E-state index contributed by atoms with van der Waals surface area (Å²) in [6, 6.07) is 7.81. The van der Waals surface area contributed by atoms with E-state index in [1.165, 1.54) is 19.1 Å². The fourth-order valence-corrected chi connectivity index (χ4v) is 2.30. The van der Waals surface area contributed by atoms with Crippen molar-refractivity contribution >= 4 is 11.9 Å². The molecule has 0 fully saturated rings. The quantitative estimate of drug-likeness (QED) is 0.472. The number of esters is 1. The molecule has 0 saturated heterocycles. The highest BCUT2D eigenvalue weighted by molar-refractivity contribution is 5.94. The first kappa shape index (κ1) is 17.9. The zero-order valence-electron chi connectivity index (χ0n) is 13.4. The second-order valence-corrected chi connectivity index (χ2v) is 5.21. The molecule has 1 atom stereocenters. The van der Waals surface area contributed by atoms with Gasteiger partial charge in [-0.25, -0.2) is 4.79 Å².